The molecule has 4 heterocycles. The van der Waals surface area contributed by atoms with Crippen LogP contribution in [0.2, 0.25) is 0 Å². The molecule has 1 aliphatic carbocycles. The first-order valence-electron chi connectivity index (χ1n) is 21.1. The van der Waals surface area contributed by atoms with Crippen LogP contribution in [0.3, 0.4) is 0 Å². The van der Waals surface area contributed by atoms with Crippen molar-refractivity contribution in [2.24, 2.45) is 0 Å². The summed E-state index contributed by atoms with van der Waals surface area (Å²) in [6, 6.07) is 61.1. The third kappa shape index (κ3) is 4.56. The van der Waals surface area contributed by atoms with Gasteiger partial charge in [0.15, 0.2) is 0 Å². The van der Waals surface area contributed by atoms with Gasteiger partial charge in [0.1, 0.15) is 0 Å². The first-order valence-corrected chi connectivity index (χ1v) is 21.1. The van der Waals surface area contributed by atoms with Crippen LogP contribution in [-0.4, -0.2) is 8.80 Å². The zero-order valence-corrected chi connectivity index (χ0v) is 33.5. The molecule has 0 bridgehead atoms. The van der Waals surface area contributed by atoms with Crippen molar-refractivity contribution in [3.05, 3.63) is 199 Å². The van der Waals surface area contributed by atoms with Crippen LogP contribution >= 0.6 is 0 Å². The molecule has 0 amide bonds. The molecule has 0 N–H and O–H groups in total. The molecule has 1 aliphatic rings. The average Bonchev–Trinajstić information content (AvgIpc) is 4.02. The third-order valence-electron chi connectivity index (χ3n) is 13.1. The van der Waals surface area contributed by atoms with Crippen LogP contribution in [0.5, 0.6) is 0 Å². The van der Waals surface area contributed by atoms with E-state index < -0.39 is 0 Å². The van der Waals surface area contributed by atoms with E-state index in [1.165, 1.54) is 110 Å². The minimum atomic E-state index is 0.994. The summed E-state index contributed by atoms with van der Waals surface area (Å²) in [7, 11) is 0. The first kappa shape index (κ1) is 33.4. The van der Waals surface area contributed by atoms with E-state index in [1.807, 2.05) is 0 Å². The molecule has 4 heteroatoms. The molecule has 12 aromatic rings. The lowest BCUT2D eigenvalue weighted by atomic mass is 10.0. The van der Waals surface area contributed by atoms with Gasteiger partial charge in [-0.05, 0) is 106 Å². The summed E-state index contributed by atoms with van der Waals surface area (Å²) in [6.45, 7) is 4.32. The molecule has 4 aromatic heterocycles. The molecule has 0 atom stereocenters. The maximum atomic E-state index is 2.55. The maximum absolute atomic E-state index is 2.55. The standard InChI is InChI=1S/C56H40N4/c1-35-21-25-39(26-22-35)57(37-13-5-3-6-14-37)49-31-29-41-45-33-52-46(34-51(45)59-47-19-11-9-17-43(47)53(49)55(41)59)42-30-32-50(54-44-18-10-12-20-48(44)60(52)56(42)54)58(38-15-7-4-8-16-38)40-27-23-36(2)24-28-40/h3-7,9-15,17-34H,8,16H2,1-2H3. The van der Waals surface area contributed by atoms with Gasteiger partial charge in [0.05, 0.1) is 44.5 Å². The Bertz CT molecular complexity index is 3720. The smallest absolute Gasteiger partial charge is 0.0641 e. The molecule has 0 aliphatic heterocycles. The molecule has 0 spiro atoms. The number of allylic oxidation sites excluding steroid dienone is 4. The summed E-state index contributed by atoms with van der Waals surface area (Å²) in [4.78, 5) is 4.93. The minimum Gasteiger partial charge on any atom is -0.314 e. The molecule has 0 saturated heterocycles. The van der Waals surface area contributed by atoms with E-state index in [4.69, 9.17) is 0 Å². The molecule has 8 aromatic carbocycles. The Morgan fingerprint density at radius 3 is 1.43 bits per heavy atom. The van der Waals surface area contributed by atoms with Crippen molar-refractivity contribution in [2.45, 2.75) is 26.7 Å². The molecule has 60 heavy (non-hydrogen) atoms. The molecule has 284 valence electrons. The van der Waals surface area contributed by atoms with Crippen molar-refractivity contribution < 1.29 is 0 Å². The number of hydrogen-bond acceptors (Lipinski definition) is 2. The van der Waals surface area contributed by atoms with Gasteiger partial charge < -0.3 is 18.6 Å². The van der Waals surface area contributed by atoms with Crippen LogP contribution in [0.4, 0.5) is 28.4 Å². The second-order valence-corrected chi connectivity index (χ2v) is 16.6. The lowest BCUT2D eigenvalue weighted by molar-refractivity contribution is 0.919. The summed E-state index contributed by atoms with van der Waals surface area (Å²) < 4.78 is 5.09. The van der Waals surface area contributed by atoms with Crippen LogP contribution < -0.4 is 9.80 Å². The summed E-state index contributed by atoms with van der Waals surface area (Å²) in [5.74, 6) is 0. The molecule has 0 saturated carbocycles. The van der Waals surface area contributed by atoms with Crippen molar-refractivity contribution in [3.63, 3.8) is 0 Å². The van der Waals surface area contributed by atoms with E-state index in [-0.39, 0.29) is 0 Å². The number of benzene rings is 8. The average molecular weight is 769 g/mol. The normalized spacial score (nSPS) is 13.4. The topological polar surface area (TPSA) is 15.3 Å². The Balaban J connectivity index is 1.12. The molecular weight excluding hydrogens is 729 g/mol. The number of rotatable bonds is 6. The number of aromatic nitrogens is 2. The third-order valence-corrected chi connectivity index (χ3v) is 13.1. The van der Waals surface area contributed by atoms with E-state index in [2.05, 4.69) is 214 Å². The lowest BCUT2D eigenvalue weighted by Gasteiger charge is -2.30. The molecule has 0 fully saturated rings. The quantitative estimate of drug-likeness (QED) is 0.167. The second-order valence-electron chi connectivity index (χ2n) is 16.6. The Kier molecular flexibility index (Phi) is 6.95. The maximum Gasteiger partial charge on any atom is 0.0641 e. The monoisotopic (exact) mass is 768 g/mol. The Morgan fingerprint density at radius 1 is 0.417 bits per heavy atom. The van der Waals surface area contributed by atoms with E-state index in [0.717, 1.165) is 24.2 Å². The van der Waals surface area contributed by atoms with Gasteiger partial charge in [-0.2, -0.15) is 0 Å². The van der Waals surface area contributed by atoms with E-state index in [9.17, 15) is 0 Å². The van der Waals surface area contributed by atoms with Gasteiger partial charge in [-0.3, -0.25) is 0 Å². The van der Waals surface area contributed by atoms with Crippen LogP contribution in [0, 0.1) is 13.8 Å². The Morgan fingerprint density at radius 2 is 0.900 bits per heavy atom. The van der Waals surface area contributed by atoms with E-state index >= 15 is 0 Å². The number of hydrogen-bond donors (Lipinski definition) is 0. The summed E-state index contributed by atoms with van der Waals surface area (Å²) in [6.07, 6.45) is 8.82. The molecule has 0 radical (unpaired) electrons. The van der Waals surface area contributed by atoms with Crippen LogP contribution in [0.1, 0.15) is 24.0 Å². The van der Waals surface area contributed by atoms with Crippen molar-refractivity contribution in [1.29, 1.82) is 0 Å². The van der Waals surface area contributed by atoms with E-state index in [0.29, 0.717) is 0 Å². The molecular formula is C56H40N4. The Labute approximate surface area is 347 Å². The molecule has 13 rings (SSSR count). The first-order chi connectivity index (χ1) is 29.6. The van der Waals surface area contributed by atoms with Gasteiger partial charge >= 0.3 is 0 Å². The van der Waals surface area contributed by atoms with Crippen LogP contribution in [0.15, 0.2) is 188 Å². The second kappa shape index (κ2) is 12.5. The highest BCUT2D eigenvalue weighted by molar-refractivity contribution is 6.32. The Hall–Kier alpha value is -7.56. The van der Waals surface area contributed by atoms with Gasteiger partial charge in [-0.15, -0.1) is 0 Å². The van der Waals surface area contributed by atoms with Crippen LogP contribution in [-0.2, 0) is 0 Å². The predicted molar refractivity (Wildman–Crippen MR) is 255 cm³/mol. The fraction of sp³-hybridized carbons (Fsp3) is 0.0714. The van der Waals surface area contributed by atoms with Crippen LogP contribution in [0.25, 0.3) is 76.2 Å². The van der Waals surface area contributed by atoms with Gasteiger partial charge in [0.2, 0.25) is 0 Å². The number of nitrogens with zero attached hydrogens (tertiary/aromatic N) is 4. The minimum absolute atomic E-state index is 0.994. The predicted octanol–water partition coefficient (Wildman–Crippen LogP) is 15.4. The highest BCUT2D eigenvalue weighted by atomic mass is 15.2. The SMILES string of the molecule is Cc1ccc(N(C2=CC=CCC2)c2ccc3c4cc5c(cc4n4c6ccccc6c2c34)c2ccc(N(c3ccccc3)c3ccc(C)cc3)c3c4ccccc4n5c23)cc1. The van der Waals surface area contributed by atoms with Crippen molar-refractivity contribution in [2.75, 3.05) is 9.80 Å². The van der Waals surface area contributed by atoms with E-state index in [1.54, 1.807) is 0 Å². The lowest BCUT2D eigenvalue weighted by Crippen LogP contribution is -2.17. The fourth-order valence-electron chi connectivity index (χ4n) is 10.5. The van der Waals surface area contributed by atoms with Gasteiger partial charge in [0, 0.05) is 65.8 Å². The van der Waals surface area contributed by atoms with Crippen molar-refractivity contribution >= 4 is 105 Å². The zero-order chi connectivity index (χ0) is 39.6. The largest absolute Gasteiger partial charge is 0.314 e. The van der Waals surface area contributed by atoms with Gasteiger partial charge in [-0.1, -0.05) is 114 Å². The number of para-hydroxylation sites is 3. The molecule has 0 unspecified atom stereocenters. The molecule has 4 nitrogen and oxygen atoms in total. The van der Waals surface area contributed by atoms with Gasteiger partial charge in [-0.25, -0.2) is 0 Å². The highest BCUT2D eigenvalue weighted by Gasteiger charge is 2.28. The van der Waals surface area contributed by atoms with Crippen molar-refractivity contribution in [3.8, 4) is 0 Å². The fourth-order valence-corrected chi connectivity index (χ4v) is 10.5. The zero-order valence-electron chi connectivity index (χ0n) is 33.5. The van der Waals surface area contributed by atoms with Crippen molar-refractivity contribution in [1.82, 2.24) is 8.80 Å². The number of anilines is 5. The van der Waals surface area contributed by atoms with Gasteiger partial charge in [0.25, 0.3) is 0 Å². The number of fused-ring (bicyclic) bond motifs is 12. The summed E-state index contributed by atoms with van der Waals surface area (Å²) >= 11 is 0. The summed E-state index contributed by atoms with van der Waals surface area (Å²) in [5, 5.41) is 10.2. The summed E-state index contributed by atoms with van der Waals surface area (Å²) in [5.41, 5.74) is 17.2. The number of aryl methyl sites for hydroxylation is 2. The highest BCUT2D eigenvalue weighted by Crippen LogP contribution is 2.51.